The smallest absolute Gasteiger partial charge is 0.333 e. The molecule has 5 rings (SSSR count). The van der Waals surface area contributed by atoms with Crippen LogP contribution in [0.4, 0.5) is 0 Å². The zero-order valence-corrected chi connectivity index (χ0v) is 25.8. The normalized spacial score (nSPS) is 15.9. The number of oxazole rings is 1. The van der Waals surface area contributed by atoms with Gasteiger partial charge in [-0.1, -0.05) is 25.1 Å². The van der Waals surface area contributed by atoms with Gasteiger partial charge in [-0.25, -0.2) is 19.1 Å². The minimum absolute atomic E-state index is 0.0640. The molecular formula is C31H37N3O8S. The quantitative estimate of drug-likeness (QED) is 0.258. The van der Waals surface area contributed by atoms with E-state index < -0.39 is 22.8 Å². The fourth-order valence-corrected chi connectivity index (χ4v) is 6.91. The highest BCUT2D eigenvalue weighted by atomic mass is 32.1. The summed E-state index contributed by atoms with van der Waals surface area (Å²) in [6.45, 7) is 8.37. The molecule has 4 heterocycles. The van der Waals surface area contributed by atoms with Crippen LogP contribution in [0.3, 0.4) is 0 Å². The lowest BCUT2D eigenvalue weighted by Gasteiger charge is -2.30. The summed E-state index contributed by atoms with van der Waals surface area (Å²) in [4.78, 5) is 45.6. The molecule has 43 heavy (non-hydrogen) atoms. The molecule has 230 valence electrons. The van der Waals surface area contributed by atoms with Crippen LogP contribution in [0.15, 0.2) is 50.7 Å². The molecule has 1 fully saturated rings. The van der Waals surface area contributed by atoms with E-state index in [0.717, 1.165) is 23.0 Å². The molecular weight excluding hydrogens is 574 g/mol. The molecule has 2 unspecified atom stereocenters. The number of carboxylic acid groups (broad SMARTS) is 1. The maximum atomic E-state index is 14.1. The molecule has 1 saturated heterocycles. The number of para-hydroxylation sites is 1. The second-order valence-corrected chi connectivity index (χ2v) is 12.4. The Morgan fingerprint density at radius 1 is 1.23 bits per heavy atom. The Kier molecular flexibility index (Phi) is 8.91. The highest BCUT2D eigenvalue weighted by Crippen LogP contribution is 2.38. The van der Waals surface area contributed by atoms with E-state index >= 15 is 0 Å². The SMILES string of the molecule is COc1ccccc1C(COC1CCOCC1)C(C)Cn1c(=O)n(C(C)(C)C(=O)O)c(=O)c2c(C)c(-c3ncco3)sc21. The van der Waals surface area contributed by atoms with Crippen molar-refractivity contribution in [3.05, 3.63) is 68.7 Å². The van der Waals surface area contributed by atoms with Crippen molar-refractivity contribution >= 4 is 27.5 Å². The Morgan fingerprint density at radius 2 is 1.95 bits per heavy atom. The number of hydrogen-bond acceptors (Lipinski definition) is 9. The number of methoxy groups -OCH3 is 1. The minimum atomic E-state index is -1.79. The maximum Gasteiger partial charge on any atom is 0.333 e. The molecule has 1 N–H and O–H groups in total. The third-order valence-corrected chi connectivity index (χ3v) is 9.60. The first-order valence-electron chi connectivity index (χ1n) is 14.3. The van der Waals surface area contributed by atoms with Crippen LogP contribution < -0.4 is 16.0 Å². The molecule has 1 aliphatic heterocycles. The summed E-state index contributed by atoms with van der Waals surface area (Å²) in [5.74, 6) is -0.624. The van der Waals surface area contributed by atoms with Gasteiger partial charge in [0.1, 0.15) is 22.4 Å². The molecule has 11 nitrogen and oxygen atoms in total. The molecule has 12 heteroatoms. The summed E-state index contributed by atoms with van der Waals surface area (Å²) in [5.41, 5.74) is -1.63. The monoisotopic (exact) mass is 611 g/mol. The van der Waals surface area contributed by atoms with Crippen LogP contribution in [0.5, 0.6) is 5.75 Å². The van der Waals surface area contributed by atoms with Crippen molar-refractivity contribution in [3.8, 4) is 16.5 Å². The molecule has 4 aromatic rings. The van der Waals surface area contributed by atoms with Crippen molar-refractivity contribution < 1.29 is 28.5 Å². The van der Waals surface area contributed by atoms with Crippen LogP contribution in [0, 0.1) is 12.8 Å². The number of benzene rings is 1. The summed E-state index contributed by atoms with van der Waals surface area (Å²) in [6.07, 6.45) is 4.63. The van der Waals surface area contributed by atoms with Crippen molar-refractivity contribution in [2.75, 3.05) is 26.9 Å². The number of aromatic nitrogens is 3. The highest BCUT2D eigenvalue weighted by molar-refractivity contribution is 7.22. The maximum absolute atomic E-state index is 14.1. The number of aryl methyl sites for hydroxylation is 1. The first kappa shape index (κ1) is 30.7. The average Bonchev–Trinajstić information content (AvgIpc) is 3.64. The fourth-order valence-electron chi connectivity index (χ4n) is 5.67. The minimum Gasteiger partial charge on any atom is -0.496 e. The Balaban J connectivity index is 1.65. The summed E-state index contributed by atoms with van der Waals surface area (Å²) < 4.78 is 25.5. The second-order valence-electron chi connectivity index (χ2n) is 11.4. The molecule has 0 saturated carbocycles. The number of rotatable bonds is 11. The average molecular weight is 612 g/mol. The van der Waals surface area contributed by atoms with Gasteiger partial charge >= 0.3 is 11.7 Å². The number of carboxylic acids is 1. The number of fused-ring (bicyclic) bond motifs is 1. The van der Waals surface area contributed by atoms with Crippen LogP contribution in [0.25, 0.3) is 21.0 Å². The molecule has 0 radical (unpaired) electrons. The summed E-state index contributed by atoms with van der Waals surface area (Å²) in [7, 11) is 1.62. The molecule has 2 atom stereocenters. The van der Waals surface area contributed by atoms with Crippen molar-refractivity contribution in [3.63, 3.8) is 0 Å². The Morgan fingerprint density at radius 3 is 2.60 bits per heavy atom. The topological polar surface area (TPSA) is 135 Å². The number of nitrogens with zero attached hydrogens (tertiary/aromatic N) is 3. The van der Waals surface area contributed by atoms with Gasteiger partial charge in [0.25, 0.3) is 5.56 Å². The van der Waals surface area contributed by atoms with E-state index in [9.17, 15) is 19.5 Å². The third-order valence-electron chi connectivity index (χ3n) is 8.30. The van der Waals surface area contributed by atoms with Crippen molar-refractivity contribution in [1.82, 2.24) is 14.1 Å². The molecule has 0 bridgehead atoms. The fraction of sp³-hybridized carbons (Fsp3) is 0.484. The highest BCUT2D eigenvalue weighted by Gasteiger charge is 2.36. The van der Waals surface area contributed by atoms with Gasteiger partial charge in [-0.3, -0.25) is 9.36 Å². The van der Waals surface area contributed by atoms with Gasteiger partial charge in [0.15, 0.2) is 0 Å². The lowest BCUT2D eigenvalue weighted by atomic mass is 9.87. The summed E-state index contributed by atoms with van der Waals surface area (Å²) >= 11 is 1.23. The first-order valence-corrected chi connectivity index (χ1v) is 15.1. The van der Waals surface area contributed by atoms with E-state index in [-0.39, 0.29) is 29.9 Å². The lowest BCUT2D eigenvalue weighted by molar-refractivity contribution is -0.146. The van der Waals surface area contributed by atoms with Gasteiger partial charge in [0.2, 0.25) is 5.89 Å². The van der Waals surface area contributed by atoms with E-state index in [4.69, 9.17) is 18.6 Å². The molecule has 0 amide bonds. The number of carbonyl (C=O) groups is 1. The van der Waals surface area contributed by atoms with E-state index in [0.29, 0.717) is 46.7 Å². The number of ether oxygens (including phenoxy) is 3. The zero-order chi connectivity index (χ0) is 30.9. The van der Waals surface area contributed by atoms with Crippen LogP contribution in [0.2, 0.25) is 0 Å². The summed E-state index contributed by atoms with van der Waals surface area (Å²) in [5, 5.41) is 10.3. The predicted molar refractivity (Wildman–Crippen MR) is 162 cm³/mol. The predicted octanol–water partition coefficient (Wildman–Crippen LogP) is 4.63. The van der Waals surface area contributed by atoms with E-state index in [1.807, 2.05) is 31.2 Å². The van der Waals surface area contributed by atoms with Gasteiger partial charge in [0, 0.05) is 25.7 Å². The van der Waals surface area contributed by atoms with Crippen molar-refractivity contribution in [2.45, 2.75) is 64.6 Å². The Bertz CT molecular complexity index is 1710. The zero-order valence-electron chi connectivity index (χ0n) is 25.0. The largest absolute Gasteiger partial charge is 0.496 e. The van der Waals surface area contributed by atoms with E-state index in [1.165, 1.54) is 42.2 Å². The number of thiophene rings is 1. The van der Waals surface area contributed by atoms with Gasteiger partial charge in [0.05, 0.1) is 36.3 Å². The molecule has 1 aliphatic rings. The number of hydrogen-bond donors (Lipinski definition) is 1. The van der Waals surface area contributed by atoms with Gasteiger partial charge in [-0.05, 0) is 56.7 Å². The summed E-state index contributed by atoms with van der Waals surface area (Å²) in [6, 6.07) is 7.74. The first-order chi connectivity index (χ1) is 20.6. The standard InChI is InChI=1S/C31H37N3O8S/c1-18(22(17-42-20-10-13-40-14-11-20)21-8-6-7-9-23(21)39-5)16-33-28-24(19(2)25(43-28)26-32-12-15-41-26)27(35)34(30(33)38)31(3,4)29(36)37/h6-9,12,15,18,20,22H,10-11,13-14,16-17H2,1-5H3,(H,36,37). The lowest BCUT2D eigenvalue weighted by Crippen LogP contribution is -2.52. The third kappa shape index (κ3) is 5.78. The van der Waals surface area contributed by atoms with Gasteiger partial charge in [-0.15, -0.1) is 11.3 Å². The molecule has 0 spiro atoms. The van der Waals surface area contributed by atoms with E-state index in [1.54, 1.807) is 14.0 Å². The van der Waals surface area contributed by atoms with Crippen LogP contribution in [-0.2, 0) is 26.4 Å². The van der Waals surface area contributed by atoms with Gasteiger partial charge < -0.3 is 23.7 Å². The van der Waals surface area contributed by atoms with Crippen LogP contribution >= 0.6 is 11.3 Å². The number of aliphatic carboxylic acids is 1. The van der Waals surface area contributed by atoms with E-state index in [2.05, 4.69) is 4.98 Å². The van der Waals surface area contributed by atoms with Crippen LogP contribution in [-0.4, -0.2) is 58.2 Å². The van der Waals surface area contributed by atoms with Crippen molar-refractivity contribution in [1.29, 1.82) is 0 Å². The molecule has 0 aliphatic carbocycles. The molecule has 3 aromatic heterocycles. The Labute approximate surface area is 252 Å². The second kappa shape index (κ2) is 12.5. The van der Waals surface area contributed by atoms with Gasteiger partial charge in [-0.2, -0.15) is 0 Å². The Hall–Kier alpha value is -3.74. The van der Waals surface area contributed by atoms with Crippen LogP contribution in [0.1, 0.15) is 50.7 Å². The van der Waals surface area contributed by atoms with Crippen molar-refractivity contribution in [2.24, 2.45) is 5.92 Å². The molecule has 1 aromatic carbocycles.